The molecule has 3 rings (SSSR count). The van der Waals surface area contributed by atoms with Crippen LogP contribution in [0.5, 0.6) is 0 Å². The van der Waals surface area contributed by atoms with Gasteiger partial charge in [-0.25, -0.2) is 4.98 Å². The molecule has 88 valence electrons. The summed E-state index contributed by atoms with van der Waals surface area (Å²) in [7, 11) is 0. The fourth-order valence-electron chi connectivity index (χ4n) is 2.65. The third kappa shape index (κ3) is 1.79. The van der Waals surface area contributed by atoms with Crippen molar-refractivity contribution in [1.29, 1.82) is 0 Å². The Morgan fingerprint density at radius 1 is 1.19 bits per heavy atom. The zero-order valence-electron chi connectivity index (χ0n) is 9.59. The molecule has 0 radical (unpaired) electrons. The Labute approximate surface area is 100 Å². The van der Waals surface area contributed by atoms with Crippen LogP contribution in [-0.4, -0.2) is 18.1 Å². The van der Waals surface area contributed by atoms with Crippen LogP contribution < -0.4 is 11.1 Å². The van der Waals surface area contributed by atoms with E-state index in [1.165, 1.54) is 41.3 Å². The third-order valence-corrected chi connectivity index (χ3v) is 5.14. The van der Waals surface area contributed by atoms with E-state index in [2.05, 4.69) is 5.32 Å². The minimum absolute atomic E-state index is 0.146. The second-order valence-corrected chi connectivity index (χ2v) is 6.09. The molecular weight excluding hydrogens is 218 g/mol. The molecule has 0 unspecified atom stereocenters. The topological polar surface area (TPSA) is 50.9 Å². The zero-order chi connectivity index (χ0) is 11.0. The molecule has 16 heavy (non-hydrogen) atoms. The molecule has 0 atom stereocenters. The van der Waals surface area contributed by atoms with Crippen LogP contribution in [0.25, 0.3) is 0 Å². The van der Waals surface area contributed by atoms with Gasteiger partial charge in [-0.15, -0.1) is 11.3 Å². The molecular formula is C12H19N3S. The number of aryl methyl sites for hydroxylation is 2. The van der Waals surface area contributed by atoms with Crippen LogP contribution in [0.15, 0.2) is 0 Å². The number of fused-ring (bicyclic) bond motifs is 1. The van der Waals surface area contributed by atoms with Crippen molar-refractivity contribution in [3.63, 3.8) is 0 Å². The third-order valence-electron chi connectivity index (χ3n) is 3.77. The van der Waals surface area contributed by atoms with Crippen LogP contribution in [0.2, 0.25) is 0 Å². The summed E-state index contributed by atoms with van der Waals surface area (Å²) >= 11 is 1.88. The van der Waals surface area contributed by atoms with Crippen molar-refractivity contribution < 1.29 is 0 Å². The lowest BCUT2D eigenvalue weighted by atomic mass is 9.90. The predicted molar refractivity (Wildman–Crippen MR) is 66.7 cm³/mol. The normalized spacial score (nSPS) is 24.1. The summed E-state index contributed by atoms with van der Waals surface area (Å²) in [6.07, 6.45) is 7.07. The molecule has 1 saturated heterocycles. The number of hydrogen-bond donors (Lipinski definition) is 2. The summed E-state index contributed by atoms with van der Waals surface area (Å²) in [5.74, 6) is 0. The number of nitrogens with one attached hydrogen (secondary N) is 1. The summed E-state index contributed by atoms with van der Waals surface area (Å²) in [5.41, 5.74) is 7.70. The summed E-state index contributed by atoms with van der Waals surface area (Å²) < 4.78 is 0. The van der Waals surface area contributed by atoms with Crippen LogP contribution in [0.4, 0.5) is 0 Å². The number of nitrogens with two attached hydrogens (primary N) is 1. The molecule has 1 aliphatic heterocycles. The highest BCUT2D eigenvalue weighted by Gasteiger charge is 2.33. The molecule has 3 nitrogen and oxygen atoms in total. The van der Waals surface area contributed by atoms with Crippen LogP contribution in [0.3, 0.4) is 0 Å². The Hall–Kier alpha value is -0.450. The zero-order valence-corrected chi connectivity index (χ0v) is 10.4. The quantitative estimate of drug-likeness (QED) is 0.779. The van der Waals surface area contributed by atoms with E-state index in [1.807, 2.05) is 11.3 Å². The van der Waals surface area contributed by atoms with Gasteiger partial charge >= 0.3 is 0 Å². The lowest BCUT2D eigenvalue weighted by Crippen LogP contribution is -2.46. The van der Waals surface area contributed by atoms with Crippen LogP contribution >= 0.6 is 11.3 Å². The Balaban J connectivity index is 1.90. The van der Waals surface area contributed by atoms with Gasteiger partial charge in [-0.3, -0.25) is 0 Å². The van der Waals surface area contributed by atoms with E-state index in [4.69, 9.17) is 10.7 Å². The van der Waals surface area contributed by atoms with Crippen molar-refractivity contribution in [2.75, 3.05) is 13.1 Å². The van der Waals surface area contributed by atoms with Crippen LogP contribution in [0, 0.1) is 0 Å². The SMILES string of the molecule is NC1(c2nc3c(s2)CCCC3)CCNCC1. The lowest BCUT2D eigenvalue weighted by Gasteiger charge is -2.31. The number of aromatic nitrogens is 1. The first-order valence-corrected chi connectivity index (χ1v) is 7.08. The number of hydrogen-bond acceptors (Lipinski definition) is 4. The summed E-state index contributed by atoms with van der Waals surface area (Å²) in [6.45, 7) is 2.06. The van der Waals surface area contributed by atoms with Gasteiger partial charge in [0.25, 0.3) is 0 Å². The number of rotatable bonds is 1. The summed E-state index contributed by atoms with van der Waals surface area (Å²) in [4.78, 5) is 6.32. The first-order valence-electron chi connectivity index (χ1n) is 6.27. The molecule has 0 spiro atoms. The minimum Gasteiger partial charge on any atom is -0.319 e. The number of thiazole rings is 1. The van der Waals surface area contributed by atoms with Gasteiger partial charge in [-0.2, -0.15) is 0 Å². The van der Waals surface area contributed by atoms with E-state index in [0.717, 1.165) is 25.9 Å². The monoisotopic (exact) mass is 237 g/mol. The maximum atomic E-state index is 6.50. The van der Waals surface area contributed by atoms with E-state index in [9.17, 15) is 0 Å². The minimum atomic E-state index is -0.146. The average Bonchev–Trinajstić information content (AvgIpc) is 2.74. The average molecular weight is 237 g/mol. The second-order valence-electron chi connectivity index (χ2n) is 5.00. The molecule has 2 aliphatic rings. The molecule has 1 fully saturated rings. The van der Waals surface area contributed by atoms with E-state index in [0.29, 0.717) is 0 Å². The first-order chi connectivity index (χ1) is 7.78. The Morgan fingerprint density at radius 2 is 1.94 bits per heavy atom. The molecule has 0 aromatic carbocycles. The Bertz CT molecular complexity index is 356. The summed E-state index contributed by atoms with van der Waals surface area (Å²) in [6, 6.07) is 0. The predicted octanol–water partition coefficient (Wildman–Crippen LogP) is 1.56. The lowest BCUT2D eigenvalue weighted by molar-refractivity contribution is 0.316. The fourth-order valence-corrected chi connectivity index (χ4v) is 3.96. The fraction of sp³-hybridized carbons (Fsp3) is 0.750. The smallest absolute Gasteiger partial charge is 0.113 e. The molecule has 0 bridgehead atoms. The van der Waals surface area contributed by atoms with Crippen molar-refractivity contribution in [2.24, 2.45) is 5.73 Å². The number of piperidine rings is 1. The van der Waals surface area contributed by atoms with E-state index in [1.54, 1.807) is 0 Å². The van der Waals surface area contributed by atoms with Gasteiger partial charge in [-0.1, -0.05) is 0 Å². The van der Waals surface area contributed by atoms with Gasteiger partial charge in [0, 0.05) is 4.88 Å². The molecule has 4 heteroatoms. The molecule has 0 amide bonds. The van der Waals surface area contributed by atoms with Gasteiger partial charge in [0.1, 0.15) is 5.01 Å². The molecule has 1 aliphatic carbocycles. The molecule has 2 heterocycles. The van der Waals surface area contributed by atoms with Crippen LogP contribution in [0.1, 0.15) is 41.3 Å². The van der Waals surface area contributed by atoms with E-state index >= 15 is 0 Å². The van der Waals surface area contributed by atoms with Crippen molar-refractivity contribution in [3.05, 3.63) is 15.6 Å². The second kappa shape index (κ2) is 4.09. The van der Waals surface area contributed by atoms with Crippen molar-refractivity contribution >= 4 is 11.3 Å². The largest absolute Gasteiger partial charge is 0.319 e. The molecule has 0 saturated carbocycles. The molecule has 3 N–H and O–H groups in total. The Kier molecular flexibility index (Phi) is 2.73. The maximum absolute atomic E-state index is 6.50. The van der Waals surface area contributed by atoms with E-state index in [-0.39, 0.29) is 5.54 Å². The van der Waals surface area contributed by atoms with Gasteiger partial charge in [0.15, 0.2) is 0 Å². The number of nitrogens with zero attached hydrogens (tertiary/aromatic N) is 1. The van der Waals surface area contributed by atoms with Crippen molar-refractivity contribution in [1.82, 2.24) is 10.3 Å². The van der Waals surface area contributed by atoms with Gasteiger partial charge in [0.2, 0.25) is 0 Å². The highest BCUT2D eigenvalue weighted by atomic mass is 32.1. The van der Waals surface area contributed by atoms with E-state index < -0.39 is 0 Å². The first kappa shape index (κ1) is 10.7. The molecule has 1 aromatic rings. The summed E-state index contributed by atoms with van der Waals surface area (Å²) in [5, 5.41) is 4.56. The van der Waals surface area contributed by atoms with Gasteiger partial charge in [-0.05, 0) is 51.6 Å². The standard InChI is InChI=1S/C12H19N3S/c13-12(5-7-14-8-6-12)11-15-9-3-1-2-4-10(9)16-11/h14H,1-8,13H2. The van der Waals surface area contributed by atoms with Crippen LogP contribution in [-0.2, 0) is 18.4 Å². The van der Waals surface area contributed by atoms with Crippen molar-refractivity contribution in [3.8, 4) is 0 Å². The maximum Gasteiger partial charge on any atom is 0.113 e. The van der Waals surface area contributed by atoms with Gasteiger partial charge in [0.05, 0.1) is 11.2 Å². The Morgan fingerprint density at radius 3 is 2.69 bits per heavy atom. The van der Waals surface area contributed by atoms with Gasteiger partial charge < -0.3 is 11.1 Å². The highest BCUT2D eigenvalue weighted by Crippen LogP contribution is 2.35. The highest BCUT2D eigenvalue weighted by molar-refractivity contribution is 7.11. The van der Waals surface area contributed by atoms with Crippen molar-refractivity contribution in [2.45, 2.75) is 44.1 Å². The molecule has 1 aromatic heterocycles.